The van der Waals surface area contributed by atoms with E-state index in [0.717, 1.165) is 10.9 Å². The summed E-state index contributed by atoms with van der Waals surface area (Å²) in [7, 11) is 3.18. The summed E-state index contributed by atoms with van der Waals surface area (Å²) in [5.74, 6) is 1.70. The predicted octanol–water partition coefficient (Wildman–Crippen LogP) is 2.78. The SMILES string of the molecule is COc1ccc(CC(=O)NC(CBr)C(C)C)cc1OC. The molecule has 1 aromatic carbocycles. The summed E-state index contributed by atoms with van der Waals surface area (Å²) in [6.45, 7) is 4.17. The molecule has 0 bridgehead atoms. The third-order valence-corrected chi connectivity index (χ3v) is 3.83. The summed E-state index contributed by atoms with van der Waals surface area (Å²) in [5, 5.41) is 3.78. The second kappa shape index (κ2) is 8.15. The number of hydrogen-bond acceptors (Lipinski definition) is 3. The standard InChI is InChI=1S/C15H22BrNO3/c1-10(2)12(9-16)17-15(18)8-11-5-6-13(19-3)14(7-11)20-4/h5-7,10,12H,8-9H2,1-4H3,(H,17,18). The van der Waals surface area contributed by atoms with E-state index >= 15 is 0 Å². The van der Waals surface area contributed by atoms with E-state index < -0.39 is 0 Å². The monoisotopic (exact) mass is 343 g/mol. The van der Waals surface area contributed by atoms with Gasteiger partial charge in [-0.1, -0.05) is 35.8 Å². The first kappa shape index (κ1) is 16.8. The third-order valence-electron chi connectivity index (χ3n) is 3.13. The van der Waals surface area contributed by atoms with Crippen molar-refractivity contribution < 1.29 is 14.3 Å². The lowest BCUT2D eigenvalue weighted by Crippen LogP contribution is -2.40. The van der Waals surface area contributed by atoms with Gasteiger partial charge < -0.3 is 14.8 Å². The zero-order valence-corrected chi connectivity index (χ0v) is 14.0. The molecule has 112 valence electrons. The minimum Gasteiger partial charge on any atom is -0.493 e. The van der Waals surface area contributed by atoms with Crippen LogP contribution < -0.4 is 14.8 Å². The molecule has 0 aliphatic heterocycles. The van der Waals surface area contributed by atoms with Gasteiger partial charge in [-0.25, -0.2) is 0 Å². The van der Waals surface area contributed by atoms with Crippen LogP contribution in [0.2, 0.25) is 0 Å². The molecule has 1 amide bonds. The molecule has 0 aromatic heterocycles. The Morgan fingerprint density at radius 2 is 1.90 bits per heavy atom. The molecule has 0 radical (unpaired) electrons. The molecule has 20 heavy (non-hydrogen) atoms. The van der Waals surface area contributed by atoms with Crippen molar-refractivity contribution >= 4 is 21.8 Å². The number of nitrogens with one attached hydrogen (secondary N) is 1. The Morgan fingerprint density at radius 1 is 1.25 bits per heavy atom. The van der Waals surface area contributed by atoms with E-state index in [1.165, 1.54) is 0 Å². The Morgan fingerprint density at radius 3 is 2.40 bits per heavy atom. The van der Waals surface area contributed by atoms with Gasteiger partial charge in [0.25, 0.3) is 0 Å². The zero-order chi connectivity index (χ0) is 15.1. The Kier molecular flexibility index (Phi) is 6.85. The van der Waals surface area contributed by atoms with Crippen molar-refractivity contribution in [1.29, 1.82) is 0 Å². The van der Waals surface area contributed by atoms with Crippen LogP contribution in [0.15, 0.2) is 18.2 Å². The quantitative estimate of drug-likeness (QED) is 0.774. The molecule has 0 aliphatic carbocycles. The summed E-state index contributed by atoms with van der Waals surface area (Å²) in [4.78, 5) is 12.0. The van der Waals surface area contributed by atoms with Crippen molar-refractivity contribution in [3.8, 4) is 11.5 Å². The van der Waals surface area contributed by atoms with Crippen LogP contribution in [0.3, 0.4) is 0 Å². The maximum absolute atomic E-state index is 12.0. The highest BCUT2D eigenvalue weighted by Crippen LogP contribution is 2.27. The number of alkyl halides is 1. The molecular formula is C15H22BrNO3. The molecule has 0 spiro atoms. The van der Waals surface area contributed by atoms with E-state index in [4.69, 9.17) is 9.47 Å². The van der Waals surface area contributed by atoms with Crippen molar-refractivity contribution in [2.75, 3.05) is 19.5 Å². The van der Waals surface area contributed by atoms with Crippen molar-refractivity contribution in [2.45, 2.75) is 26.3 Å². The number of ether oxygens (including phenoxy) is 2. The van der Waals surface area contributed by atoms with Gasteiger partial charge in [0.1, 0.15) is 0 Å². The number of hydrogen-bond donors (Lipinski definition) is 1. The van der Waals surface area contributed by atoms with E-state index in [2.05, 4.69) is 35.1 Å². The van der Waals surface area contributed by atoms with Gasteiger partial charge in [-0.2, -0.15) is 0 Å². The number of carbonyl (C=O) groups is 1. The van der Waals surface area contributed by atoms with Gasteiger partial charge in [-0.3, -0.25) is 4.79 Å². The van der Waals surface area contributed by atoms with E-state index in [-0.39, 0.29) is 11.9 Å². The van der Waals surface area contributed by atoms with Crippen molar-refractivity contribution in [1.82, 2.24) is 5.32 Å². The van der Waals surface area contributed by atoms with Gasteiger partial charge in [0.2, 0.25) is 5.91 Å². The number of amides is 1. The van der Waals surface area contributed by atoms with E-state index in [9.17, 15) is 4.79 Å². The van der Waals surface area contributed by atoms with Gasteiger partial charge in [0, 0.05) is 11.4 Å². The highest BCUT2D eigenvalue weighted by molar-refractivity contribution is 9.09. The largest absolute Gasteiger partial charge is 0.493 e. The highest BCUT2D eigenvalue weighted by Gasteiger charge is 2.15. The van der Waals surface area contributed by atoms with Gasteiger partial charge in [0.15, 0.2) is 11.5 Å². The first-order valence-electron chi connectivity index (χ1n) is 6.58. The van der Waals surface area contributed by atoms with Crippen LogP contribution in [0.1, 0.15) is 19.4 Å². The average Bonchev–Trinajstić information content (AvgIpc) is 2.44. The van der Waals surface area contributed by atoms with Crippen LogP contribution in [-0.4, -0.2) is 31.5 Å². The second-order valence-corrected chi connectivity index (χ2v) is 5.59. The Balaban J connectivity index is 2.71. The topological polar surface area (TPSA) is 47.6 Å². The number of methoxy groups -OCH3 is 2. The second-order valence-electron chi connectivity index (χ2n) is 4.94. The summed E-state index contributed by atoms with van der Waals surface area (Å²) < 4.78 is 10.4. The van der Waals surface area contributed by atoms with E-state index in [1.807, 2.05) is 18.2 Å². The molecule has 0 saturated heterocycles. The van der Waals surface area contributed by atoms with E-state index in [1.54, 1.807) is 14.2 Å². The van der Waals surface area contributed by atoms with Crippen LogP contribution in [0.5, 0.6) is 11.5 Å². The number of benzene rings is 1. The Labute approximate surface area is 129 Å². The smallest absolute Gasteiger partial charge is 0.224 e. The lowest BCUT2D eigenvalue weighted by molar-refractivity contribution is -0.121. The Hall–Kier alpha value is -1.23. The molecule has 1 N–H and O–H groups in total. The maximum atomic E-state index is 12.0. The highest BCUT2D eigenvalue weighted by atomic mass is 79.9. The van der Waals surface area contributed by atoms with Crippen LogP contribution in [0.4, 0.5) is 0 Å². The minimum atomic E-state index is 0.00960. The number of carbonyl (C=O) groups excluding carboxylic acids is 1. The first-order chi connectivity index (χ1) is 9.51. The van der Waals surface area contributed by atoms with Crippen molar-refractivity contribution in [3.63, 3.8) is 0 Å². The number of rotatable bonds is 7. The molecule has 0 fully saturated rings. The molecule has 0 heterocycles. The molecule has 0 saturated carbocycles. The average molecular weight is 344 g/mol. The van der Waals surface area contributed by atoms with Crippen molar-refractivity contribution in [2.24, 2.45) is 5.92 Å². The molecule has 5 heteroatoms. The first-order valence-corrected chi connectivity index (χ1v) is 7.70. The maximum Gasteiger partial charge on any atom is 0.224 e. The van der Waals surface area contributed by atoms with Gasteiger partial charge in [-0.15, -0.1) is 0 Å². The number of halogens is 1. The fraction of sp³-hybridized carbons (Fsp3) is 0.533. The predicted molar refractivity (Wildman–Crippen MR) is 83.8 cm³/mol. The minimum absolute atomic E-state index is 0.00960. The fourth-order valence-corrected chi connectivity index (χ4v) is 2.73. The summed E-state index contributed by atoms with van der Waals surface area (Å²) in [5.41, 5.74) is 0.900. The lowest BCUT2D eigenvalue weighted by atomic mass is 10.1. The molecule has 4 nitrogen and oxygen atoms in total. The normalized spacial score (nSPS) is 12.1. The lowest BCUT2D eigenvalue weighted by Gasteiger charge is -2.20. The van der Waals surface area contributed by atoms with Crippen LogP contribution in [0, 0.1) is 5.92 Å². The molecule has 1 unspecified atom stereocenters. The van der Waals surface area contributed by atoms with Crippen molar-refractivity contribution in [3.05, 3.63) is 23.8 Å². The molecule has 1 aromatic rings. The Bertz CT molecular complexity index is 449. The summed E-state index contributed by atoms with van der Waals surface area (Å²) in [6.07, 6.45) is 0.330. The van der Waals surface area contributed by atoms with Gasteiger partial charge >= 0.3 is 0 Å². The zero-order valence-electron chi connectivity index (χ0n) is 12.4. The van der Waals surface area contributed by atoms with E-state index in [0.29, 0.717) is 23.8 Å². The molecule has 1 atom stereocenters. The molecule has 0 aliphatic rings. The summed E-state index contributed by atoms with van der Waals surface area (Å²) in [6, 6.07) is 5.66. The summed E-state index contributed by atoms with van der Waals surface area (Å²) >= 11 is 3.42. The molecule has 1 rings (SSSR count). The molecular weight excluding hydrogens is 322 g/mol. The fourth-order valence-electron chi connectivity index (χ4n) is 1.82. The van der Waals surface area contributed by atoms with Crippen LogP contribution in [-0.2, 0) is 11.2 Å². The van der Waals surface area contributed by atoms with Gasteiger partial charge in [0.05, 0.1) is 20.6 Å². The van der Waals surface area contributed by atoms with Crippen LogP contribution >= 0.6 is 15.9 Å². The third kappa shape index (κ3) is 4.71. The van der Waals surface area contributed by atoms with Crippen LogP contribution in [0.25, 0.3) is 0 Å². The van der Waals surface area contributed by atoms with Gasteiger partial charge in [-0.05, 0) is 23.6 Å².